The SMILES string of the molecule is CC1CCCC1/C=C/C=O.COC(=O)CCCc1ccccc1O. The van der Waals surface area contributed by atoms with Gasteiger partial charge < -0.3 is 9.84 Å². The Labute approximate surface area is 144 Å². The Kier molecular flexibility index (Phi) is 9.51. The topological polar surface area (TPSA) is 63.6 Å². The van der Waals surface area contributed by atoms with Crippen LogP contribution in [0.2, 0.25) is 0 Å². The molecule has 1 aromatic rings. The molecule has 24 heavy (non-hydrogen) atoms. The number of carbonyl (C=O) groups is 2. The third kappa shape index (κ3) is 7.44. The number of aromatic hydroxyl groups is 1. The van der Waals surface area contributed by atoms with Gasteiger partial charge in [0, 0.05) is 6.42 Å². The number of rotatable bonds is 6. The van der Waals surface area contributed by atoms with Crippen molar-refractivity contribution < 1.29 is 19.4 Å². The van der Waals surface area contributed by atoms with Gasteiger partial charge in [-0.1, -0.05) is 44.0 Å². The molecule has 2 atom stereocenters. The highest BCUT2D eigenvalue weighted by molar-refractivity contribution is 5.69. The molecule has 1 aliphatic rings. The Hall–Kier alpha value is -2.10. The highest BCUT2D eigenvalue weighted by Crippen LogP contribution is 2.31. The van der Waals surface area contributed by atoms with E-state index in [0.29, 0.717) is 25.2 Å². The standard InChI is InChI=1S/C11H14O3.C9H14O/c1-14-11(13)8-4-6-9-5-2-3-7-10(9)12;1-8-4-2-5-9(8)6-3-7-10/h2-3,5,7,12H,4,6,8H2,1H3;3,6-9H,2,4-5H2,1H3/b;6-3+. The Balaban J connectivity index is 0.000000254. The van der Waals surface area contributed by atoms with E-state index in [4.69, 9.17) is 0 Å². The first kappa shape index (κ1) is 19.9. The normalized spacial score (nSPS) is 19.6. The summed E-state index contributed by atoms with van der Waals surface area (Å²) in [6.07, 6.45) is 10.3. The van der Waals surface area contributed by atoms with Crippen molar-refractivity contribution in [3.05, 3.63) is 42.0 Å². The van der Waals surface area contributed by atoms with E-state index in [1.54, 1.807) is 18.2 Å². The van der Waals surface area contributed by atoms with E-state index in [9.17, 15) is 14.7 Å². The number of phenolic OH excluding ortho intramolecular Hbond substituents is 1. The van der Waals surface area contributed by atoms with Crippen molar-refractivity contribution in [3.63, 3.8) is 0 Å². The third-order valence-corrected chi connectivity index (χ3v) is 4.41. The molecular weight excluding hydrogens is 304 g/mol. The van der Waals surface area contributed by atoms with Crippen LogP contribution in [0.4, 0.5) is 0 Å². The molecule has 2 unspecified atom stereocenters. The van der Waals surface area contributed by atoms with E-state index in [-0.39, 0.29) is 11.7 Å². The summed E-state index contributed by atoms with van der Waals surface area (Å²) in [5.74, 6) is 1.54. The number of ether oxygens (including phenoxy) is 1. The van der Waals surface area contributed by atoms with Gasteiger partial charge in [0.2, 0.25) is 0 Å². The van der Waals surface area contributed by atoms with Crippen molar-refractivity contribution in [3.8, 4) is 5.75 Å². The maximum absolute atomic E-state index is 10.8. The van der Waals surface area contributed by atoms with Crippen LogP contribution in [0.1, 0.15) is 44.6 Å². The molecule has 1 aromatic carbocycles. The van der Waals surface area contributed by atoms with Gasteiger partial charge >= 0.3 is 5.97 Å². The third-order valence-electron chi connectivity index (χ3n) is 4.41. The molecule has 0 saturated heterocycles. The minimum atomic E-state index is -0.208. The molecule has 2 rings (SSSR count). The van der Waals surface area contributed by atoms with Crippen LogP contribution in [0, 0.1) is 11.8 Å². The van der Waals surface area contributed by atoms with Gasteiger partial charge in [0.1, 0.15) is 12.0 Å². The quantitative estimate of drug-likeness (QED) is 0.484. The Bertz CT molecular complexity index is 536. The fourth-order valence-corrected chi connectivity index (χ4v) is 2.90. The highest BCUT2D eigenvalue weighted by Gasteiger charge is 2.19. The van der Waals surface area contributed by atoms with E-state index in [2.05, 4.69) is 11.7 Å². The monoisotopic (exact) mass is 332 g/mol. The lowest BCUT2D eigenvalue weighted by molar-refractivity contribution is -0.140. The summed E-state index contributed by atoms with van der Waals surface area (Å²) in [5, 5.41) is 9.42. The average molecular weight is 332 g/mol. The van der Waals surface area contributed by atoms with E-state index >= 15 is 0 Å². The second kappa shape index (κ2) is 11.4. The van der Waals surface area contributed by atoms with Crippen molar-refractivity contribution in [1.82, 2.24) is 0 Å². The minimum Gasteiger partial charge on any atom is -0.508 e. The zero-order chi connectivity index (χ0) is 17.8. The second-order valence-electron chi connectivity index (χ2n) is 6.15. The number of hydrogen-bond acceptors (Lipinski definition) is 4. The number of allylic oxidation sites excluding steroid dienone is 2. The minimum absolute atomic E-state index is 0.208. The molecule has 1 saturated carbocycles. The van der Waals surface area contributed by atoms with Crippen LogP contribution in [-0.4, -0.2) is 24.5 Å². The van der Waals surface area contributed by atoms with Gasteiger partial charge in [-0.05, 0) is 48.8 Å². The largest absolute Gasteiger partial charge is 0.508 e. The van der Waals surface area contributed by atoms with E-state index < -0.39 is 0 Å². The fraction of sp³-hybridized carbons (Fsp3) is 0.500. The molecular formula is C20H28O4. The van der Waals surface area contributed by atoms with Gasteiger partial charge in [-0.2, -0.15) is 0 Å². The molecule has 1 fully saturated rings. The fourth-order valence-electron chi connectivity index (χ4n) is 2.90. The number of para-hydroxylation sites is 1. The lowest BCUT2D eigenvalue weighted by Crippen LogP contribution is -2.00. The Morgan fingerprint density at radius 1 is 1.33 bits per heavy atom. The number of methoxy groups -OCH3 is 1. The first-order valence-electron chi connectivity index (χ1n) is 8.54. The number of hydrogen-bond donors (Lipinski definition) is 1. The second-order valence-corrected chi connectivity index (χ2v) is 6.15. The number of benzene rings is 1. The van der Waals surface area contributed by atoms with Gasteiger partial charge in [-0.3, -0.25) is 9.59 Å². The molecule has 4 nitrogen and oxygen atoms in total. The zero-order valence-electron chi connectivity index (χ0n) is 14.6. The molecule has 0 aromatic heterocycles. The summed E-state index contributed by atoms with van der Waals surface area (Å²) in [7, 11) is 1.38. The predicted octanol–water partition coefficient (Wildman–Crippen LogP) is 4.07. The molecule has 0 amide bonds. The summed E-state index contributed by atoms with van der Waals surface area (Å²) < 4.78 is 4.52. The van der Waals surface area contributed by atoms with Crippen LogP contribution in [0.5, 0.6) is 5.75 Å². The van der Waals surface area contributed by atoms with Crippen LogP contribution in [-0.2, 0) is 20.7 Å². The van der Waals surface area contributed by atoms with E-state index in [0.717, 1.165) is 17.8 Å². The van der Waals surface area contributed by atoms with Crippen LogP contribution in [0.25, 0.3) is 0 Å². The summed E-state index contributed by atoms with van der Waals surface area (Å²) in [4.78, 5) is 20.8. The number of aldehydes is 1. The maximum Gasteiger partial charge on any atom is 0.305 e. The molecule has 0 aliphatic heterocycles. The van der Waals surface area contributed by atoms with Crippen molar-refractivity contribution in [2.45, 2.75) is 45.4 Å². The lowest BCUT2D eigenvalue weighted by atomic mass is 9.98. The van der Waals surface area contributed by atoms with Crippen LogP contribution in [0.15, 0.2) is 36.4 Å². The van der Waals surface area contributed by atoms with Crippen LogP contribution < -0.4 is 0 Å². The Morgan fingerprint density at radius 3 is 2.67 bits per heavy atom. The van der Waals surface area contributed by atoms with Gasteiger partial charge in [-0.25, -0.2) is 0 Å². The molecule has 1 N–H and O–H groups in total. The highest BCUT2D eigenvalue weighted by atomic mass is 16.5. The van der Waals surface area contributed by atoms with Crippen molar-refractivity contribution in [1.29, 1.82) is 0 Å². The van der Waals surface area contributed by atoms with Crippen molar-refractivity contribution in [2.75, 3.05) is 7.11 Å². The molecule has 132 valence electrons. The van der Waals surface area contributed by atoms with Crippen LogP contribution >= 0.6 is 0 Å². The number of phenols is 1. The smallest absolute Gasteiger partial charge is 0.305 e. The molecule has 1 aliphatic carbocycles. The van der Waals surface area contributed by atoms with Crippen molar-refractivity contribution in [2.24, 2.45) is 11.8 Å². The first-order chi connectivity index (χ1) is 11.6. The Morgan fingerprint density at radius 2 is 2.08 bits per heavy atom. The first-order valence-corrected chi connectivity index (χ1v) is 8.54. The molecule has 4 heteroatoms. The summed E-state index contributed by atoms with van der Waals surface area (Å²) in [6, 6.07) is 7.15. The molecule has 0 heterocycles. The molecule has 0 radical (unpaired) electrons. The average Bonchev–Trinajstić information content (AvgIpc) is 3.00. The van der Waals surface area contributed by atoms with Gasteiger partial charge in [0.25, 0.3) is 0 Å². The van der Waals surface area contributed by atoms with Gasteiger partial charge in [0.05, 0.1) is 7.11 Å². The summed E-state index contributed by atoms with van der Waals surface area (Å²) in [5.41, 5.74) is 0.872. The van der Waals surface area contributed by atoms with Gasteiger partial charge in [-0.15, -0.1) is 0 Å². The number of carbonyl (C=O) groups excluding carboxylic acids is 2. The zero-order valence-corrected chi connectivity index (χ0v) is 14.6. The van der Waals surface area contributed by atoms with E-state index in [1.165, 1.54) is 26.4 Å². The lowest BCUT2D eigenvalue weighted by Gasteiger charge is -2.07. The summed E-state index contributed by atoms with van der Waals surface area (Å²) in [6.45, 7) is 2.26. The number of esters is 1. The number of aryl methyl sites for hydroxylation is 1. The summed E-state index contributed by atoms with van der Waals surface area (Å²) >= 11 is 0. The van der Waals surface area contributed by atoms with Crippen molar-refractivity contribution >= 4 is 12.3 Å². The molecule has 0 bridgehead atoms. The van der Waals surface area contributed by atoms with Crippen LogP contribution in [0.3, 0.4) is 0 Å². The maximum atomic E-state index is 10.8. The predicted molar refractivity (Wildman–Crippen MR) is 94.8 cm³/mol. The van der Waals surface area contributed by atoms with E-state index in [1.807, 2.05) is 18.2 Å². The van der Waals surface area contributed by atoms with Gasteiger partial charge in [0.15, 0.2) is 0 Å². The molecule has 0 spiro atoms.